The number of aliphatic hydroxyl groups is 1. The number of aliphatic hydroxyl groups excluding tert-OH is 1. The Hall–Kier alpha value is -1.46. The second-order valence-corrected chi connectivity index (χ2v) is 3.73. The lowest BCUT2D eigenvalue weighted by Gasteiger charge is -2.17. The number of benzene rings is 1. The first-order valence-corrected chi connectivity index (χ1v) is 5.69. The first kappa shape index (κ1) is 14.6. The molecule has 0 amide bonds. The van der Waals surface area contributed by atoms with E-state index in [2.05, 4.69) is 0 Å². The van der Waals surface area contributed by atoms with Gasteiger partial charge in [0.1, 0.15) is 11.5 Å². The first-order chi connectivity index (χ1) is 8.56. The van der Waals surface area contributed by atoms with Crippen LogP contribution in [0.4, 0.5) is 0 Å². The van der Waals surface area contributed by atoms with Crippen molar-refractivity contribution in [3.63, 3.8) is 0 Å². The molecule has 18 heavy (non-hydrogen) atoms. The van der Waals surface area contributed by atoms with Gasteiger partial charge in [0.25, 0.3) is 0 Å². The molecule has 0 aliphatic heterocycles. The topological polar surface area (TPSA) is 65.0 Å². The maximum atomic E-state index is 11.5. The molecule has 0 heterocycles. The van der Waals surface area contributed by atoms with Crippen LogP contribution in [-0.2, 0) is 9.53 Å². The highest BCUT2D eigenvalue weighted by molar-refractivity contribution is 6.33. The van der Waals surface area contributed by atoms with E-state index in [1.165, 1.54) is 14.2 Å². The van der Waals surface area contributed by atoms with Crippen LogP contribution in [0.5, 0.6) is 11.5 Å². The highest BCUT2D eigenvalue weighted by Gasteiger charge is 2.27. The molecule has 0 saturated carbocycles. The van der Waals surface area contributed by atoms with Crippen molar-refractivity contribution in [2.45, 2.75) is 13.0 Å². The van der Waals surface area contributed by atoms with E-state index < -0.39 is 12.1 Å². The minimum atomic E-state index is -1.51. The smallest absolute Gasteiger partial charge is 0.339 e. The van der Waals surface area contributed by atoms with Gasteiger partial charge in [-0.1, -0.05) is 11.6 Å². The van der Waals surface area contributed by atoms with Gasteiger partial charge in [-0.2, -0.15) is 0 Å². The maximum Gasteiger partial charge on any atom is 0.339 e. The lowest BCUT2D eigenvalue weighted by atomic mass is 10.1. The normalized spacial score (nSPS) is 11.8. The molecule has 100 valence electrons. The first-order valence-electron chi connectivity index (χ1n) is 5.31. The molecule has 0 aromatic heterocycles. The van der Waals surface area contributed by atoms with Crippen LogP contribution in [0.2, 0.25) is 5.02 Å². The summed E-state index contributed by atoms with van der Waals surface area (Å²) in [5.74, 6) is -0.150. The molecule has 1 aromatic rings. The van der Waals surface area contributed by atoms with E-state index >= 15 is 0 Å². The lowest BCUT2D eigenvalue weighted by Crippen LogP contribution is -2.16. The van der Waals surface area contributed by atoms with Crippen LogP contribution in [0.25, 0.3) is 0 Å². The minimum absolute atomic E-state index is 0.123. The summed E-state index contributed by atoms with van der Waals surface area (Å²) < 4.78 is 14.8. The molecule has 0 radical (unpaired) electrons. The van der Waals surface area contributed by atoms with Crippen molar-refractivity contribution >= 4 is 17.6 Å². The molecule has 0 aliphatic carbocycles. The summed E-state index contributed by atoms with van der Waals surface area (Å²) in [6.07, 6.45) is -1.51. The molecular formula is C12H15ClO5. The van der Waals surface area contributed by atoms with Crippen molar-refractivity contribution in [2.24, 2.45) is 0 Å². The van der Waals surface area contributed by atoms with Gasteiger partial charge in [-0.05, 0) is 19.1 Å². The fraction of sp³-hybridized carbons (Fsp3) is 0.417. The summed E-state index contributed by atoms with van der Waals surface area (Å²) in [6, 6.07) is 3.14. The fourth-order valence-electron chi connectivity index (χ4n) is 1.48. The molecule has 1 N–H and O–H groups in total. The van der Waals surface area contributed by atoms with Gasteiger partial charge < -0.3 is 19.3 Å². The highest BCUT2D eigenvalue weighted by atomic mass is 35.5. The number of carbonyl (C=O) groups is 1. The molecule has 0 aliphatic rings. The molecule has 1 rings (SSSR count). The number of carbonyl (C=O) groups excluding carboxylic acids is 1. The predicted octanol–water partition coefficient (Wildman–Crippen LogP) is 1.95. The third-order valence-corrected chi connectivity index (χ3v) is 2.72. The molecule has 1 atom stereocenters. The molecular weight excluding hydrogens is 260 g/mol. The van der Waals surface area contributed by atoms with Gasteiger partial charge in [0, 0.05) is 0 Å². The number of hydrogen-bond donors (Lipinski definition) is 1. The molecule has 0 saturated heterocycles. The zero-order valence-electron chi connectivity index (χ0n) is 10.4. The van der Waals surface area contributed by atoms with Crippen molar-refractivity contribution in [2.75, 3.05) is 20.8 Å². The van der Waals surface area contributed by atoms with Crippen LogP contribution in [0, 0.1) is 0 Å². The Morgan fingerprint density at radius 1 is 1.33 bits per heavy atom. The number of esters is 1. The second-order valence-electron chi connectivity index (χ2n) is 3.35. The Morgan fingerprint density at radius 3 is 2.39 bits per heavy atom. The van der Waals surface area contributed by atoms with Crippen molar-refractivity contribution in [3.05, 3.63) is 22.7 Å². The largest absolute Gasteiger partial charge is 0.496 e. The molecule has 1 aromatic carbocycles. The van der Waals surface area contributed by atoms with E-state index in [0.29, 0.717) is 11.5 Å². The summed E-state index contributed by atoms with van der Waals surface area (Å²) in [6.45, 7) is 1.81. The molecule has 1 unspecified atom stereocenters. The van der Waals surface area contributed by atoms with Crippen LogP contribution in [-0.4, -0.2) is 31.9 Å². The molecule has 0 fully saturated rings. The van der Waals surface area contributed by atoms with Gasteiger partial charge in [0.2, 0.25) is 0 Å². The van der Waals surface area contributed by atoms with Crippen LogP contribution < -0.4 is 9.47 Å². The number of rotatable bonds is 5. The Bertz CT molecular complexity index is 433. The van der Waals surface area contributed by atoms with E-state index in [4.69, 9.17) is 25.8 Å². The average molecular weight is 275 g/mol. The lowest BCUT2D eigenvalue weighted by molar-refractivity contribution is -0.153. The van der Waals surface area contributed by atoms with Gasteiger partial charge in [-0.25, -0.2) is 4.79 Å². The summed E-state index contributed by atoms with van der Waals surface area (Å²) in [5.41, 5.74) is 0.136. The summed E-state index contributed by atoms with van der Waals surface area (Å²) in [7, 11) is 2.85. The van der Waals surface area contributed by atoms with Gasteiger partial charge >= 0.3 is 5.97 Å². The Morgan fingerprint density at radius 2 is 1.89 bits per heavy atom. The van der Waals surface area contributed by atoms with Crippen molar-refractivity contribution in [1.29, 1.82) is 0 Å². The quantitative estimate of drug-likeness (QED) is 0.832. The summed E-state index contributed by atoms with van der Waals surface area (Å²) >= 11 is 6.06. The molecule has 6 heteroatoms. The number of methoxy groups -OCH3 is 2. The van der Waals surface area contributed by atoms with Gasteiger partial charge in [0.05, 0.1) is 31.4 Å². The Balaban J connectivity index is 3.23. The molecule has 0 bridgehead atoms. The maximum absolute atomic E-state index is 11.5. The van der Waals surface area contributed by atoms with E-state index in [9.17, 15) is 9.90 Å². The standard InChI is InChI=1S/C12H15ClO5/c1-4-18-12(15)11(14)9-7(16-2)5-6-8(17-3)10(9)13/h5-6,11,14H,4H2,1-3H3. The predicted molar refractivity (Wildman–Crippen MR) is 66.1 cm³/mol. The zero-order valence-corrected chi connectivity index (χ0v) is 11.2. The fourth-order valence-corrected chi connectivity index (χ4v) is 1.82. The zero-order chi connectivity index (χ0) is 13.7. The Labute approximate surface area is 110 Å². The highest BCUT2D eigenvalue weighted by Crippen LogP contribution is 2.39. The average Bonchev–Trinajstić information content (AvgIpc) is 2.37. The summed E-state index contributed by atoms with van der Waals surface area (Å²) in [4.78, 5) is 11.5. The van der Waals surface area contributed by atoms with Crippen LogP contribution >= 0.6 is 11.6 Å². The third kappa shape index (κ3) is 2.86. The summed E-state index contributed by atoms with van der Waals surface area (Å²) in [5, 5.41) is 10.1. The Kier molecular flexibility index (Phi) is 5.25. The minimum Gasteiger partial charge on any atom is -0.496 e. The SMILES string of the molecule is CCOC(=O)C(O)c1c(OC)ccc(OC)c1Cl. The second kappa shape index (κ2) is 6.47. The van der Waals surface area contributed by atoms with Crippen molar-refractivity contribution in [1.82, 2.24) is 0 Å². The number of halogens is 1. The van der Waals surface area contributed by atoms with E-state index in [-0.39, 0.29) is 17.2 Å². The van der Waals surface area contributed by atoms with E-state index in [0.717, 1.165) is 0 Å². The van der Waals surface area contributed by atoms with Crippen molar-refractivity contribution in [3.8, 4) is 11.5 Å². The van der Waals surface area contributed by atoms with E-state index in [1.54, 1.807) is 19.1 Å². The molecule has 0 spiro atoms. The van der Waals surface area contributed by atoms with Crippen LogP contribution in [0.3, 0.4) is 0 Å². The van der Waals surface area contributed by atoms with Crippen molar-refractivity contribution < 1.29 is 24.1 Å². The van der Waals surface area contributed by atoms with Gasteiger partial charge in [-0.15, -0.1) is 0 Å². The third-order valence-electron chi connectivity index (χ3n) is 2.33. The monoisotopic (exact) mass is 274 g/mol. The number of hydrogen-bond acceptors (Lipinski definition) is 5. The van der Waals surface area contributed by atoms with Gasteiger partial charge in [-0.3, -0.25) is 0 Å². The molecule has 5 nitrogen and oxygen atoms in total. The van der Waals surface area contributed by atoms with E-state index in [1.807, 2.05) is 0 Å². The van der Waals surface area contributed by atoms with Crippen LogP contribution in [0.15, 0.2) is 12.1 Å². The van der Waals surface area contributed by atoms with Crippen LogP contribution in [0.1, 0.15) is 18.6 Å². The van der Waals surface area contributed by atoms with Gasteiger partial charge in [0.15, 0.2) is 6.10 Å². The number of ether oxygens (including phenoxy) is 3.